The molecular weight excluding hydrogens is 570 g/mol. The molecule has 0 aromatic rings. The number of rotatable bonds is 5. The second-order valence-electron chi connectivity index (χ2n) is 18.1. The summed E-state index contributed by atoms with van der Waals surface area (Å²) in [7, 11) is 0. The Balaban J connectivity index is 1.14. The summed E-state index contributed by atoms with van der Waals surface area (Å²) in [6.07, 6.45) is 7.04. The van der Waals surface area contributed by atoms with E-state index in [-0.39, 0.29) is 57.4 Å². The molecule has 5 saturated carbocycles. The van der Waals surface area contributed by atoms with Crippen molar-refractivity contribution in [2.75, 3.05) is 32.9 Å². The summed E-state index contributed by atoms with van der Waals surface area (Å²) in [4.78, 5) is 15.0. The zero-order valence-electron chi connectivity index (χ0n) is 29.3. The van der Waals surface area contributed by atoms with E-state index in [1.54, 1.807) is 0 Å². The largest absolute Gasteiger partial charge is 0.446 e. The maximum Gasteiger partial charge on any atom is 0.410 e. The molecule has 7 aliphatic rings. The maximum absolute atomic E-state index is 13.2. The van der Waals surface area contributed by atoms with E-state index >= 15 is 0 Å². The molecule has 1 amide bonds. The number of hydrogen-bond donors (Lipinski definition) is 2. The van der Waals surface area contributed by atoms with Gasteiger partial charge < -0.3 is 34.1 Å². The van der Waals surface area contributed by atoms with Crippen LogP contribution in [0.2, 0.25) is 0 Å². The van der Waals surface area contributed by atoms with Gasteiger partial charge in [-0.2, -0.15) is 0 Å². The van der Waals surface area contributed by atoms with Crippen LogP contribution in [-0.2, 0) is 18.9 Å². The summed E-state index contributed by atoms with van der Waals surface area (Å²) in [5.74, 6) is 1.63. The third-order valence-corrected chi connectivity index (χ3v) is 15.7. The highest BCUT2D eigenvalue weighted by Gasteiger charge is 2.84. The SMILES string of the molecule is CCOC(C1C[C@@H](C)C2C(O1)[C@H](O)[C@@]1(C)C3CC[C@H]4C(C)(C)C(OC(=O)N5CCOCC5)CCC45CC35CCC21C)C(C)(C)O. The van der Waals surface area contributed by atoms with Crippen molar-refractivity contribution in [2.45, 2.75) is 143 Å². The van der Waals surface area contributed by atoms with E-state index < -0.39 is 17.8 Å². The number of hydrogen-bond acceptors (Lipinski definition) is 7. The lowest BCUT2D eigenvalue weighted by Gasteiger charge is -2.63. The molecule has 0 aromatic heterocycles. The van der Waals surface area contributed by atoms with E-state index in [4.69, 9.17) is 18.9 Å². The highest BCUT2D eigenvalue weighted by Crippen LogP contribution is 2.89. The van der Waals surface area contributed by atoms with Gasteiger partial charge in [-0.25, -0.2) is 4.79 Å². The molecule has 7 rings (SSSR count). The lowest BCUT2D eigenvalue weighted by molar-refractivity contribution is -0.215. The van der Waals surface area contributed by atoms with Crippen LogP contribution in [0.15, 0.2) is 0 Å². The zero-order valence-corrected chi connectivity index (χ0v) is 29.3. The van der Waals surface area contributed by atoms with Crippen molar-refractivity contribution >= 4 is 6.09 Å². The predicted molar refractivity (Wildman–Crippen MR) is 170 cm³/mol. The fourth-order valence-corrected chi connectivity index (χ4v) is 13.6. The second-order valence-corrected chi connectivity index (χ2v) is 18.1. The van der Waals surface area contributed by atoms with Gasteiger partial charge in [0.15, 0.2) is 0 Å². The van der Waals surface area contributed by atoms with Crippen LogP contribution in [0.4, 0.5) is 4.79 Å². The third-order valence-electron chi connectivity index (χ3n) is 15.7. The number of carbonyl (C=O) groups is 1. The number of morpholine rings is 1. The first-order chi connectivity index (χ1) is 21.1. The lowest BCUT2D eigenvalue weighted by atomic mass is 9.41. The van der Waals surface area contributed by atoms with Crippen molar-refractivity contribution in [1.29, 1.82) is 0 Å². The Kier molecular flexibility index (Phi) is 7.63. The Hall–Kier alpha value is -0.930. The molecule has 2 heterocycles. The first kappa shape index (κ1) is 32.6. The van der Waals surface area contributed by atoms with Crippen LogP contribution < -0.4 is 0 Å². The summed E-state index contributed by atoms with van der Waals surface area (Å²) in [6, 6.07) is 0. The van der Waals surface area contributed by atoms with Gasteiger partial charge in [-0.05, 0) is 112 Å². The van der Waals surface area contributed by atoms with E-state index in [2.05, 4.69) is 34.6 Å². The van der Waals surface area contributed by atoms with E-state index in [1.165, 1.54) is 12.8 Å². The first-order valence-electron chi connectivity index (χ1n) is 18.3. The molecule has 5 aliphatic carbocycles. The zero-order chi connectivity index (χ0) is 32.4. The fraction of sp³-hybridized carbons (Fsp3) is 0.973. The lowest BCUT2D eigenvalue weighted by Crippen LogP contribution is -2.60. The quantitative estimate of drug-likeness (QED) is 0.395. The molecule has 256 valence electrons. The van der Waals surface area contributed by atoms with Crippen molar-refractivity contribution in [1.82, 2.24) is 4.90 Å². The summed E-state index contributed by atoms with van der Waals surface area (Å²) >= 11 is 0. The molecule has 9 unspecified atom stereocenters. The molecule has 7 fully saturated rings. The van der Waals surface area contributed by atoms with Crippen molar-refractivity contribution < 1.29 is 34.0 Å². The van der Waals surface area contributed by atoms with E-state index in [0.717, 1.165) is 38.5 Å². The topological polar surface area (TPSA) is 97.7 Å². The minimum Gasteiger partial charge on any atom is -0.446 e. The molecule has 45 heavy (non-hydrogen) atoms. The Morgan fingerprint density at radius 1 is 1.02 bits per heavy atom. The van der Waals surface area contributed by atoms with Crippen LogP contribution in [0.1, 0.15) is 107 Å². The molecular formula is C37H61NO7. The van der Waals surface area contributed by atoms with Gasteiger partial charge in [-0.3, -0.25) is 0 Å². The molecule has 8 nitrogen and oxygen atoms in total. The summed E-state index contributed by atoms with van der Waals surface area (Å²) in [5.41, 5.74) is -0.840. The molecule has 2 aliphatic heterocycles. The number of fused-ring (bicyclic) bond motifs is 4. The van der Waals surface area contributed by atoms with Crippen LogP contribution in [0.5, 0.6) is 0 Å². The average Bonchev–Trinajstić information content (AvgIpc) is 3.61. The maximum atomic E-state index is 13.2. The summed E-state index contributed by atoms with van der Waals surface area (Å²) < 4.78 is 24.8. The normalized spacial score (nSPS) is 50.8. The molecule has 0 bridgehead atoms. The summed E-state index contributed by atoms with van der Waals surface area (Å²) in [5, 5.41) is 23.6. The van der Waals surface area contributed by atoms with Crippen molar-refractivity contribution in [2.24, 2.45) is 50.7 Å². The Morgan fingerprint density at radius 3 is 2.36 bits per heavy atom. The smallest absolute Gasteiger partial charge is 0.410 e. The number of amides is 1. The molecule has 8 heteroatoms. The molecule has 13 atom stereocenters. The second kappa shape index (κ2) is 10.5. The number of aliphatic hydroxyl groups excluding tert-OH is 1. The van der Waals surface area contributed by atoms with Gasteiger partial charge in [0.25, 0.3) is 0 Å². The minimum absolute atomic E-state index is 0.00967. The molecule has 2 saturated heterocycles. The van der Waals surface area contributed by atoms with Gasteiger partial charge in [-0.1, -0.05) is 34.6 Å². The molecule has 2 spiro atoms. The summed E-state index contributed by atoms with van der Waals surface area (Å²) in [6.45, 7) is 20.5. The highest BCUT2D eigenvalue weighted by atomic mass is 16.6. The first-order valence-corrected chi connectivity index (χ1v) is 18.3. The van der Waals surface area contributed by atoms with E-state index in [0.29, 0.717) is 50.7 Å². The van der Waals surface area contributed by atoms with Gasteiger partial charge in [0.1, 0.15) is 12.2 Å². The average molecular weight is 632 g/mol. The standard InChI is InChI=1S/C37H61NO7/c1-9-43-30(33(5,6)41)23-20-22(2)27-28(44-23)29(39)35(8)25-11-10-24-32(3,4)26(45-31(40)38-16-18-42-19-17-38)12-13-36(24)21-37(25,36)15-14-34(27,35)7/h22-30,39,41H,9-21H2,1-8H3/t22-,23?,24+,25?,26?,27?,28?,29+,30?,34?,35-,36?,37?/m1/s1. The minimum atomic E-state index is -1.03. The number of ether oxygens (including phenoxy) is 4. The predicted octanol–water partition coefficient (Wildman–Crippen LogP) is 5.81. The third kappa shape index (κ3) is 4.29. The van der Waals surface area contributed by atoms with Crippen LogP contribution in [-0.4, -0.2) is 90.2 Å². The van der Waals surface area contributed by atoms with Crippen LogP contribution >= 0.6 is 0 Å². The molecule has 2 N–H and O–H groups in total. The van der Waals surface area contributed by atoms with Gasteiger partial charge in [0, 0.05) is 30.5 Å². The van der Waals surface area contributed by atoms with E-state index in [1.807, 2.05) is 25.7 Å². The van der Waals surface area contributed by atoms with Gasteiger partial charge in [0.05, 0.1) is 37.1 Å². The van der Waals surface area contributed by atoms with E-state index in [9.17, 15) is 15.0 Å². The number of aliphatic hydroxyl groups is 2. The highest BCUT2D eigenvalue weighted by molar-refractivity contribution is 5.68. The fourth-order valence-electron chi connectivity index (χ4n) is 13.6. The monoisotopic (exact) mass is 631 g/mol. The Bertz CT molecular complexity index is 1160. The van der Waals surface area contributed by atoms with Gasteiger partial charge in [-0.15, -0.1) is 0 Å². The van der Waals surface area contributed by atoms with Crippen molar-refractivity contribution in [3.63, 3.8) is 0 Å². The van der Waals surface area contributed by atoms with Gasteiger partial charge in [0.2, 0.25) is 0 Å². The Morgan fingerprint density at radius 2 is 1.69 bits per heavy atom. The molecule has 0 aromatic carbocycles. The van der Waals surface area contributed by atoms with Crippen molar-refractivity contribution in [3.05, 3.63) is 0 Å². The number of carbonyl (C=O) groups excluding carboxylic acids is 1. The number of nitrogens with zero attached hydrogens (tertiary/aromatic N) is 1. The molecule has 0 radical (unpaired) electrons. The van der Waals surface area contributed by atoms with Crippen LogP contribution in [0.25, 0.3) is 0 Å². The van der Waals surface area contributed by atoms with Crippen LogP contribution in [0.3, 0.4) is 0 Å². The Labute approximate surface area is 271 Å². The van der Waals surface area contributed by atoms with Crippen LogP contribution in [0, 0.1) is 50.7 Å². The van der Waals surface area contributed by atoms with Crippen molar-refractivity contribution in [3.8, 4) is 0 Å². The van der Waals surface area contributed by atoms with Gasteiger partial charge >= 0.3 is 6.09 Å².